The van der Waals surface area contributed by atoms with Crippen LogP contribution in [0.3, 0.4) is 0 Å². The molecule has 0 amide bonds. The van der Waals surface area contributed by atoms with Crippen molar-refractivity contribution in [3.8, 4) is 0 Å². The zero-order valence-corrected chi connectivity index (χ0v) is 8.72. The minimum absolute atomic E-state index is 0.684. The third-order valence-electron chi connectivity index (χ3n) is 3.34. The highest BCUT2D eigenvalue weighted by Gasteiger charge is 2.63. The van der Waals surface area contributed by atoms with Gasteiger partial charge in [-0.3, -0.25) is 0 Å². The van der Waals surface area contributed by atoms with E-state index in [0.29, 0.717) is 0 Å². The molecule has 0 aromatic rings. The van der Waals surface area contributed by atoms with E-state index >= 15 is 0 Å². The van der Waals surface area contributed by atoms with E-state index in [1.54, 1.807) is 0 Å². The molecule has 1 rings (SSSR count). The molecule has 0 bridgehead atoms. The first-order valence-electron chi connectivity index (χ1n) is 4.46. The fourth-order valence-electron chi connectivity index (χ4n) is 1.76. The average molecular weight is 195 g/mol. The van der Waals surface area contributed by atoms with Crippen LogP contribution >= 0.6 is 0 Å². The summed E-state index contributed by atoms with van der Waals surface area (Å²) in [5.74, 6) is -2.71. The van der Waals surface area contributed by atoms with Gasteiger partial charge in [0.2, 0.25) is 0 Å². The van der Waals surface area contributed by atoms with Crippen molar-refractivity contribution < 1.29 is 10.2 Å². The maximum absolute atomic E-state index is 9.68. The third kappa shape index (κ3) is 1.45. The smallest absolute Gasteiger partial charge is 0.150 e. The maximum Gasteiger partial charge on any atom is 0.150 e. The molecule has 0 spiro atoms. The lowest BCUT2D eigenvalue weighted by Gasteiger charge is -2.71. The van der Waals surface area contributed by atoms with E-state index in [2.05, 4.69) is 0 Å². The normalized spacial score (nSPS) is 32.9. The summed E-state index contributed by atoms with van der Waals surface area (Å²) in [4.78, 5) is 0. The predicted octanol–water partition coefficient (Wildman–Crippen LogP) is -3.12. The van der Waals surface area contributed by atoms with Crippen molar-refractivity contribution in [1.82, 2.24) is 0 Å². The first-order chi connectivity index (χ1) is 6.71. The van der Waals surface area contributed by atoms with Gasteiger partial charge in [-0.2, -0.15) is 0 Å². The Morgan fingerprint density at radius 1 is 0.625 bits per heavy atom. The molecule has 1 saturated carbocycles. The second-order valence-corrected chi connectivity index (χ2v) is 4.64. The summed E-state index contributed by atoms with van der Waals surface area (Å²) < 4.78 is 0. The number of hydrogen-bond acceptors (Lipinski definition) is 2. The zero-order chi connectivity index (χ0) is 13.2. The quantitative estimate of drug-likeness (QED) is 0.317. The van der Waals surface area contributed by atoms with Gasteiger partial charge in [-0.05, 0) is 6.42 Å². The average Bonchev–Trinajstić information content (AvgIpc) is 1.98. The van der Waals surface area contributed by atoms with E-state index in [1.165, 1.54) is 0 Å². The lowest BCUT2D eigenvalue weighted by molar-refractivity contribution is -0.196. The highest BCUT2D eigenvalue weighted by atomic mass is 16.5. The molecule has 1 fully saturated rings. The zero-order valence-electron chi connectivity index (χ0n) is 8.72. The molecule has 10 heteroatoms. The summed E-state index contributed by atoms with van der Waals surface area (Å²) in [6, 6.07) is 0. The van der Waals surface area contributed by atoms with E-state index in [1.807, 2.05) is 0 Å². The molecule has 1 aliphatic carbocycles. The highest BCUT2D eigenvalue weighted by Crippen LogP contribution is 2.73. The molecule has 64 valence electrons. The summed E-state index contributed by atoms with van der Waals surface area (Å²) >= 11 is 0. The minimum Gasteiger partial charge on any atom is -0.367 e. The Hall–Kier alpha value is 0.439. The van der Waals surface area contributed by atoms with Gasteiger partial charge in [-0.15, -0.1) is 15.6 Å². The lowest BCUT2D eigenvalue weighted by Crippen LogP contribution is -2.64. The molecule has 0 atom stereocenters. The summed E-state index contributed by atoms with van der Waals surface area (Å²) in [5, 5.41) is 10.6. The number of aliphatic hydroxyl groups is 2. The number of rotatable bonds is 0. The molecule has 0 aromatic heterocycles. The monoisotopic (exact) mass is 196 g/mol. The van der Waals surface area contributed by atoms with Gasteiger partial charge in [0.25, 0.3) is 0 Å². The largest absolute Gasteiger partial charge is 0.367 e. The Balaban J connectivity index is 3.43. The molecule has 0 saturated heterocycles. The van der Waals surface area contributed by atoms with E-state index in [4.69, 9.17) is 62.8 Å². The summed E-state index contributed by atoms with van der Waals surface area (Å²) in [7, 11) is 44.5. The fourth-order valence-corrected chi connectivity index (χ4v) is 1.76. The Morgan fingerprint density at radius 2 is 1.00 bits per heavy atom. The van der Waals surface area contributed by atoms with Gasteiger partial charge in [0.1, 0.15) is 0 Å². The first-order valence-corrected chi connectivity index (χ1v) is 4.46. The van der Waals surface area contributed by atoms with Crippen LogP contribution in [0.2, 0.25) is 20.9 Å². The maximum atomic E-state index is 9.68. The number of hydrogen-bond donors (Lipinski definition) is 2. The van der Waals surface area contributed by atoms with E-state index in [9.17, 15) is 10.2 Å². The van der Waals surface area contributed by atoms with E-state index in [-0.39, 0.29) is 0 Å². The van der Waals surface area contributed by atoms with Crippen LogP contribution in [0.5, 0.6) is 0 Å². The van der Waals surface area contributed by atoms with Crippen LogP contribution in [-0.2, 0) is 0 Å². The standard InChI is InChI=1S/C6H4B8O2/c7-2(8)1-3(15,16)5(11,12)6(13,14)4(2,9)10/h15-16H,1H2. The third-order valence-corrected chi connectivity index (χ3v) is 3.34. The predicted molar refractivity (Wildman–Crippen MR) is 68.6 cm³/mol. The van der Waals surface area contributed by atoms with Crippen molar-refractivity contribution in [2.24, 2.45) is 0 Å². The molecule has 0 aliphatic heterocycles. The van der Waals surface area contributed by atoms with Crippen LogP contribution in [-0.4, -0.2) is 78.8 Å². The second-order valence-electron chi connectivity index (χ2n) is 4.64. The van der Waals surface area contributed by atoms with Crippen LogP contribution in [0.25, 0.3) is 0 Å². The van der Waals surface area contributed by atoms with Crippen molar-refractivity contribution >= 4 is 62.8 Å². The topological polar surface area (TPSA) is 40.5 Å². The van der Waals surface area contributed by atoms with Gasteiger partial charge in [0.05, 0.1) is 62.8 Å². The van der Waals surface area contributed by atoms with Gasteiger partial charge < -0.3 is 10.2 Å². The van der Waals surface area contributed by atoms with Gasteiger partial charge >= 0.3 is 0 Å². The van der Waals surface area contributed by atoms with Crippen molar-refractivity contribution in [3.05, 3.63) is 0 Å². The second kappa shape index (κ2) is 3.26. The van der Waals surface area contributed by atoms with Crippen LogP contribution < -0.4 is 0 Å². The minimum atomic E-state index is -2.71. The van der Waals surface area contributed by atoms with Crippen LogP contribution in [0.4, 0.5) is 0 Å². The van der Waals surface area contributed by atoms with Gasteiger partial charge in [-0.1, -0.05) is 5.21 Å². The van der Waals surface area contributed by atoms with Crippen molar-refractivity contribution in [3.63, 3.8) is 0 Å². The molecule has 16 heavy (non-hydrogen) atoms. The van der Waals surface area contributed by atoms with Gasteiger partial charge in [-0.25, -0.2) is 0 Å². The summed E-state index contributed by atoms with van der Waals surface area (Å²) in [6.07, 6.45) is -0.684. The summed E-state index contributed by atoms with van der Waals surface area (Å²) in [5.41, 5.74) is 0. The Bertz CT molecular complexity index is 282. The fraction of sp³-hybridized carbons (Fsp3) is 1.00. The van der Waals surface area contributed by atoms with Gasteiger partial charge in [0.15, 0.2) is 5.79 Å². The van der Waals surface area contributed by atoms with E-state index < -0.39 is 33.1 Å². The first kappa shape index (κ1) is 14.5. The highest BCUT2D eigenvalue weighted by molar-refractivity contribution is 6.66. The molecular formula is C6H4B8O2. The van der Waals surface area contributed by atoms with Crippen LogP contribution in [0, 0.1) is 0 Å². The Morgan fingerprint density at radius 3 is 1.38 bits per heavy atom. The lowest BCUT2D eigenvalue weighted by atomic mass is 9.07. The Labute approximate surface area is 106 Å². The molecule has 2 nitrogen and oxygen atoms in total. The molecular weight excluding hydrogens is 191 g/mol. The molecule has 2 N–H and O–H groups in total. The molecule has 0 heterocycles. The van der Waals surface area contributed by atoms with Crippen molar-refractivity contribution in [1.29, 1.82) is 0 Å². The van der Waals surface area contributed by atoms with Crippen molar-refractivity contribution in [2.75, 3.05) is 0 Å². The molecule has 16 radical (unpaired) electrons. The van der Waals surface area contributed by atoms with Crippen LogP contribution in [0.1, 0.15) is 6.42 Å². The molecule has 1 aliphatic rings. The van der Waals surface area contributed by atoms with Crippen LogP contribution in [0.15, 0.2) is 0 Å². The molecule has 0 aromatic carbocycles. The van der Waals surface area contributed by atoms with Gasteiger partial charge in [0, 0.05) is 0 Å². The van der Waals surface area contributed by atoms with Crippen molar-refractivity contribution in [2.45, 2.75) is 33.1 Å². The molecule has 0 unspecified atom stereocenters. The SMILES string of the molecule is [B]C1([B])CC(O)(O)C([B])([B])C([B])([B])C1([B])[B]. The Kier molecular flexibility index (Phi) is 2.95. The summed E-state index contributed by atoms with van der Waals surface area (Å²) in [6.45, 7) is 0. The van der Waals surface area contributed by atoms with E-state index in [0.717, 1.165) is 0 Å².